The zero-order chi connectivity index (χ0) is 49.2. The van der Waals surface area contributed by atoms with Gasteiger partial charge in [0.2, 0.25) is 0 Å². The normalized spacial score (nSPS) is 12.8. The van der Waals surface area contributed by atoms with Crippen LogP contribution in [0, 0.1) is 0 Å². The smallest absolute Gasteiger partial charge is 0.306 e. The van der Waals surface area contributed by atoms with Crippen LogP contribution in [0.5, 0.6) is 0 Å². The number of hydrogen-bond donors (Lipinski definition) is 0. The number of esters is 2. The molecule has 0 fully saturated rings. The van der Waals surface area contributed by atoms with Crippen molar-refractivity contribution in [1.82, 2.24) is 0 Å². The molecule has 0 aliphatic heterocycles. The third-order valence-electron chi connectivity index (χ3n) is 12.4. The van der Waals surface area contributed by atoms with Crippen LogP contribution in [0.15, 0.2) is 85.1 Å². The van der Waals surface area contributed by atoms with Gasteiger partial charge in [0.15, 0.2) is 6.10 Å². The first-order chi connectivity index (χ1) is 33.6. The first-order valence-electron chi connectivity index (χ1n) is 29.1. The van der Waals surface area contributed by atoms with E-state index in [-0.39, 0.29) is 25.2 Å². The van der Waals surface area contributed by atoms with Crippen LogP contribution in [-0.4, -0.2) is 37.9 Å². The average Bonchev–Trinajstić information content (AvgIpc) is 3.34. The molecule has 0 aromatic carbocycles. The van der Waals surface area contributed by atoms with Crippen molar-refractivity contribution in [3.05, 3.63) is 85.1 Å². The van der Waals surface area contributed by atoms with Crippen molar-refractivity contribution in [2.45, 2.75) is 284 Å². The zero-order valence-corrected chi connectivity index (χ0v) is 45.1. The highest BCUT2D eigenvalue weighted by molar-refractivity contribution is 5.70. The molecule has 1 unspecified atom stereocenters. The Morgan fingerprint density at radius 3 is 1.12 bits per heavy atom. The van der Waals surface area contributed by atoms with E-state index < -0.39 is 6.10 Å². The Morgan fingerprint density at radius 1 is 0.338 bits per heavy atom. The number of rotatable bonds is 53. The third-order valence-corrected chi connectivity index (χ3v) is 12.4. The van der Waals surface area contributed by atoms with Crippen LogP contribution in [0.2, 0.25) is 0 Å². The van der Waals surface area contributed by atoms with Gasteiger partial charge >= 0.3 is 11.9 Å². The minimum atomic E-state index is -0.567. The van der Waals surface area contributed by atoms with Gasteiger partial charge in [0.25, 0.3) is 0 Å². The van der Waals surface area contributed by atoms with E-state index in [0.717, 1.165) is 77.0 Å². The molecule has 0 bridgehead atoms. The Kier molecular flexibility index (Phi) is 55.9. The zero-order valence-electron chi connectivity index (χ0n) is 45.1. The van der Waals surface area contributed by atoms with E-state index in [1.165, 1.54) is 167 Å². The fourth-order valence-corrected chi connectivity index (χ4v) is 8.07. The predicted molar refractivity (Wildman–Crippen MR) is 297 cm³/mol. The van der Waals surface area contributed by atoms with Crippen molar-refractivity contribution in [3.63, 3.8) is 0 Å². The maximum absolute atomic E-state index is 12.9. The summed E-state index contributed by atoms with van der Waals surface area (Å²) in [6, 6.07) is 0. The van der Waals surface area contributed by atoms with Crippen molar-refractivity contribution in [1.29, 1.82) is 0 Å². The Morgan fingerprint density at radius 2 is 0.676 bits per heavy atom. The van der Waals surface area contributed by atoms with Crippen LogP contribution in [-0.2, 0) is 23.8 Å². The summed E-state index contributed by atoms with van der Waals surface area (Å²) in [6.07, 6.45) is 77.5. The van der Waals surface area contributed by atoms with E-state index in [2.05, 4.69) is 106 Å². The molecule has 0 N–H and O–H groups in total. The Hall–Kier alpha value is -2.92. The molecule has 68 heavy (non-hydrogen) atoms. The molecular formula is C63H110O5. The lowest BCUT2D eigenvalue weighted by Gasteiger charge is -2.18. The summed E-state index contributed by atoms with van der Waals surface area (Å²) in [7, 11) is 0. The summed E-state index contributed by atoms with van der Waals surface area (Å²) in [5.41, 5.74) is 0. The average molecular weight is 948 g/mol. The Labute approximate surface area is 422 Å². The second kappa shape index (κ2) is 58.4. The lowest BCUT2D eigenvalue weighted by Crippen LogP contribution is -2.30. The first kappa shape index (κ1) is 65.1. The van der Waals surface area contributed by atoms with Gasteiger partial charge in [-0.15, -0.1) is 0 Å². The molecule has 0 aromatic rings. The highest BCUT2D eigenvalue weighted by Crippen LogP contribution is 2.14. The Balaban J connectivity index is 4.37. The van der Waals surface area contributed by atoms with Crippen molar-refractivity contribution < 1.29 is 23.8 Å². The van der Waals surface area contributed by atoms with Gasteiger partial charge in [0.05, 0.1) is 6.61 Å². The standard InChI is InChI=1S/C63H110O5/c1-4-7-10-13-16-19-22-25-28-31-34-37-40-43-46-49-52-55-58-66-59-61(68-63(65)57-54-51-48-45-42-39-36-33-30-27-24-21-18-15-12-9-6-3)60-67-62(64)56-53-50-47-44-41-38-35-32-29-26-23-20-17-14-11-8-5-2/h8,11,17,20,25-30,35,38,44,47,61H,4-7,9-10,12-16,18-19,21-24,31-34,36-37,39-43,45-46,48-60H2,1-3H3/b11-8-,20-17-,28-25-,29-26-,30-27-,38-35-,47-44-. The molecule has 0 rings (SSSR count). The summed E-state index contributed by atoms with van der Waals surface area (Å²) in [6.45, 7) is 7.66. The molecular weight excluding hydrogens is 837 g/mol. The summed E-state index contributed by atoms with van der Waals surface area (Å²) >= 11 is 0. The van der Waals surface area contributed by atoms with Gasteiger partial charge < -0.3 is 14.2 Å². The van der Waals surface area contributed by atoms with Gasteiger partial charge in [0, 0.05) is 19.4 Å². The second-order valence-corrected chi connectivity index (χ2v) is 19.2. The molecule has 0 saturated carbocycles. The van der Waals surface area contributed by atoms with Crippen molar-refractivity contribution in [2.24, 2.45) is 0 Å². The fraction of sp³-hybridized carbons (Fsp3) is 0.746. The summed E-state index contributed by atoms with van der Waals surface area (Å²) in [4.78, 5) is 25.5. The van der Waals surface area contributed by atoms with Crippen LogP contribution in [0.25, 0.3) is 0 Å². The maximum Gasteiger partial charge on any atom is 0.306 e. The highest BCUT2D eigenvalue weighted by Gasteiger charge is 2.17. The van der Waals surface area contributed by atoms with Crippen molar-refractivity contribution in [2.75, 3.05) is 19.8 Å². The number of unbranched alkanes of at least 4 members (excludes halogenated alkanes) is 28. The maximum atomic E-state index is 12.9. The molecule has 392 valence electrons. The van der Waals surface area contributed by atoms with E-state index in [0.29, 0.717) is 19.4 Å². The van der Waals surface area contributed by atoms with Gasteiger partial charge in [-0.2, -0.15) is 0 Å². The number of ether oxygens (including phenoxy) is 3. The van der Waals surface area contributed by atoms with E-state index >= 15 is 0 Å². The third kappa shape index (κ3) is 55.7. The van der Waals surface area contributed by atoms with Gasteiger partial charge in [-0.3, -0.25) is 9.59 Å². The lowest BCUT2D eigenvalue weighted by molar-refractivity contribution is -0.163. The van der Waals surface area contributed by atoms with Gasteiger partial charge in [-0.1, -0.05) is 241 Å². The van der Waals surface area contributed by atoms with Gasteiger partial charge in [0.1, 0.15) is 6.61 Å². The summed E-state index contributed by atoms with van der Waals surface area (Å²) in [5, 5.41) is 0. The molecule has 0 aliphatic rings. The molecule has 0 heterocycles. The minimum absolute atomic E-state index is 0.0510. The predicted octanol–water partition coefficient (Wildman–Crippen LogP) is 20.0. The molecule has 0 aromatic heterocycles. The molecule has 5 heteroatoms. The van der Waals surface area contributed by atoms with Crippen molar-refractivity contribution in [3.8, 4) is 0 Å². The lowest BCUT2D eigenvalue weighted by atomic mass is 10.1. The van der Waals surface area contributed by atoms with Crippen LogP contribution >= 0.6 is 0 Å². The first-order valence-corrected chi connectivity index (χ1v) is 29.1. The van der Waals surface area contributed by atoms with Crippen LogP contribution in [0.1, 0.15) is 278 Å². The largest absolute Gasteiger partial charge is 0.462 e. The van der Waals surface area contributed by atoms with Gasteiger partial charge in [-0.05, 0) is 109 Å². The van der Waals surface area contributed by atoms with E-state index in [1.807, 2.05) is 0 Å². The molecule has 0 amide bonds. The molecule has 1 atom stereocenters. The quantitative estimate of drug-likeness (QED) is 0.0345. The molecule has 0 spiro atoms. The SMILES string of the molecule is CC/C=C\C/C=C\C/C=C\C/C=C\C/C=C\CCCC(=O)OCC(COCCCCCCCCCC/C=C\CCCCCCCC)OC(=O)CCCCCCCCC/C=C\CCCCCCCC. The monoisotopic (exact) mass is 947 g/mol. The number of carbonyl (C=O) groups is 2. The molecule has 0 aliphatic carbocycles. The molecule has 0 radical (unpaired) electrons. The van der Waals surface area contributed by atoms with E-state index in [9.17, 15) is 9.59 Å². The summed E-state index contributed by atoms with van der Waals surface area (Å²) < 4.78 is 17.4. The van der Waals surface area contributed by atoms with Gasteiger partial charge in [-0.25, -0.2) is 0 Å². The molecule has 5 nitrogen and oxygen atoms in total. The van der Waals surface area contributed by atoms with E-state index in [4.69, 9.17) is 14.2 Å². The van der Waals surface area contributed by atoms with Crippen LogP contribution in [0.3, 0.4) is 0 Å². The number of allylic oxidation sites excluding steroid dienone is 14. The van der Waals surface area contributed by atoms with E-state index in [1.54, 1.807) is 0 Å². The minimum Gasteiger partial charge on any atom is -0.462 e. The second-order valence-electron chi connectivity index (χ2n) is 19.2. The highest BCUT2D eigenvalue weighted by atomic mass is 16.6. The van der Waals surface area contributed by atoms with Crippen LogP contribution in [0.4, 0.5) is 0 Å². The number of hydrogen-bond acceptors (Lipinski definition) is 5. The Bertz CT molecular complexity index is 1250. The van der Waals surface area contributed by atoms with Crippen LogP contribution < -0.4 is 0 Å². The summed E-state index contributed by atoms with van der Waals surface area (Å²) in [5.74, 6) is -0.465. The van der Waals surface area contributed by atoms with Crippen molar-refractivity contribution >= 4 is 11.9 Å². The molecule has 0 saturated heterocycles. The number of carbonyl (C=O) groups excluding carboxylic acids is 2. The fourth-order valence-electron chi connectivity index (χ4n) is 8.07. The topological polar surface area (TPSA) is 61.8 Å².